The van der Waals surface area contributed by atoms with E-state index >= 15 is 0 Å². The summed E-state index contributed by atoms with van der Waals surface area (Å²) < 4.78 is 2.04. The molecule has 0 fully saturated rings. The second-order valence-corrected chi connectivity index (χ2v) is 7.38. The molecule has 0 bridgehead atoms. The monoisotopic (exact) mass is 489 g/mol. The summed E-state index contributed by atoms with van der Waals surface area (Å²) in [6.45, 7) is 5.93. The van der Waals surface area contributed by atoms with E-state index in [1.165, 1.54) is 9.88 Å². The second kappa shape index (κ2) is 10.2. The maximum Gasteiger partial charge on any atom is 0.191 e. The molecule has 0 saturated carbocycles. The Hall–Kier alpha value is -1.23. The number of thiazole rings is 1. The fraction of sp³-hybridized carbons (Fsp3) is 0.647. The van der Waals surface area contributed by atoms with Gasteiger partial charge < -0.3 is 10.6 Å². The first kappa shape index (κ1) is 21.1. The Kier molecular flexibility index (Phi) is 8.26. The van der Waals surface area contributed by atoms with Crippen LogP contribution >= 0.6 is 35.3 Å². The summed E-state index contributed by atoms with van der Waals surface area (Å²) in [5.74, 6) is 2.89. The van der Waals surface area contributed by atoms with Crippen LogP contribution in [0.15, 0.2) is 11.2 Å². The Morgan fingerprint density at radius 3 is 2.92 bits per heavy atom. The highest BCUT2D eigenvalue weighted by Crippen LogP contribution is 2.14. The summed E-state index contributed by atoms with van der Waals surface area (Å²) in [5, 5.41) is 12.6. The van der Waals surface area contributed by atoms with E-state index < -0.39 is 0 Å². The fourth-order valence-electron chi connectivity index (χ4n) is 2.93. The average Bonchev–Trinajstić information content (AvgIpc) is 3.26. The van der Waals surface area contributed by atoms with E-state index in [1.54, 1.807) is 11.3 Å². The summed E-state index contributed by atoms with van der Waals surface area (Å²) >= 11 is 1.79. The number of guanidine groups is 1. The number of rotatable bonds is 6. The van der Waals surface area contributed by atoms with Crippen molar-refractivity contribution in [3.05, 3.63) is 27.7 Å². The minimum atomic E-state index is 0. The summed E-state index contributed by atoms with van der Waals surface area (Å²) in [7, 11) is 1.81. The molecular weight excluding hydrogens is 461 g/mol. The van der Waals surface area contributed by atoms with Gasteiger partial charge in [0.15, 0.2) is 11.8 Å². The summed E-state index contributed by atoms with van der Waals surface area (Å²) in [6.07, 6.45) is 6.85. The van der Waals surface area contributed by atoms with Crippen molar-refractivity contribution in [2.45, 2.75) is 58.5 Å². The van der Waals surface area contributed by atoms with Gasteiger partial charge in [-0.05, 0) is 12.8 Å². The van der Waals surface area contributed by atoms with Gasteiger partial charge in [-0.25, -0.2) is 14.6 Å². The largest absolute Gasteiger partial charge is 0.356 e. The topological polar surface area (TPSA) is 80.0 Å². The molecule has 2 N–H and O–H groups in total. The van der Waals surface area contributed by atoms with Crippen LogP contribution in [0.3, 0.4) is 0 Å². The van der Waals surface area contributed by atoms with Crippen LogP contribution in [0.5, 0.6) is 0 Å². The molecule has 2 aromatic rings. The van der Waals surface area contributed by atoms with Gasteiger partial charge in [-0.1, -0.05) is 13.8 Å². The van der Waals surface area contributed by atoms with Crippen LogP contribution in [0.1, 0.15) is 41.8 Å². The van der Waals surface area contributed by atoms with Crippen LogP contribution < -0.4 is 10.6 Å². The first-order chi connectivity index (χ1) is 12.2. The van der Waals surface area contributed by atoms with Crippen LogP contribution in [0.25, 0.3) is 0 Å². The lowest BCUT2D eigenvalue weighted by Gasteiger charge is -2.25. The Morgan fingerprint density at radius 2 is 2.23 bits per heavy atom. The van der Waals surface area contributed by atoms with Crippen LogP contribution in [0.4, 0.5) is 0 Å². The maximum absolute atomic E-state index is 4.57. The number of halogens is 1. The number of aromatic nitrogens is 4. The molecule has 0 radical (unpaired) electrons. The molecule has 0 spiro atoms. The van der Waals surface area contributed by atoms with E-state index in [0.717, 1.165) is 62.8 Å². The Bertz CT molecular complexity index is 725. The molecule has 1 unspecified atom stereocenters. The zero-order chi connectivity index (χ0) is 17.6. The van der Waals surface area contributed by atoms with Gasteiger partial charge in [0.05, 0.1) is 11.6 Å². The van der Waals surface area contributed by atoms with Crippen LogP contribution in [-0.2, 0) is 32.2 Å². The molecule has 2 aromatic heterocycles. The third-order valence-corrected chi connectivity index (χ3v) is 5.57. The van der Waals surface area contributed by atoms with Crippen molar-refractivity contribution in [3.8, 4) is 0 Å². The van der Waals surface area contributed by atoms with Gasteiger partial charge in [0.1, 0.15) is 5.82 Å². The first-order valence-corrected chi connectivity index (χ1v) is 9.86. The standard InChI is InChI=1S/C17H27N7S.HI/c1-4-13-10-20-16(25-13)8-9-19-17(18-3)21-12-6-7-15-22-14(5-2)23-24(15)11-12;/h10,12H,4-9,11H2,1-3H3,(H2,18,19,21);1H. The van der Waals surface area contributed by atoms with Gasteiger partial charge in [-0.2, -0.15) is 5.10 Å². The van der Waals surface area contributed by atoms with Crippen molar-refractivity contribution < 1.29 is 0 Å². The van der Waals surface area contributed by atoms with Crippen molar-refractivity contribution in [1.29, 1.82) is 0 Å². The third kappa shape index (κ3) is 5.38. The number of hydrogen-bond acceptors (Lipinski definition) is 5. The highest BCUT2D eigenvalue weighted by Gasteiger charge is 2.21. The van der Waals surface area contributed by atoms with Crippen molar-refractivity contribution in [2.75, 3.05) is 13.6 Å². The molecule has 1 aliphatic heterocycles. The number of hydrogen-bond donors (Lipinski definition) is 2. The zero-order valence-electron chi connectivity index (χ0n) is 15.7. The highest BCUT2D eigenvalue weighted by molar-refractivity contribution is 14.0. The lowest BCUT2D eigenvalue weighted by atomic mass is 10.1. The quantitative estimate of drug-likeness (QED) is 0.370. The number of fused-ring (bicyclic) bond motifs is 1. The van der Waals surface area contributed by atoms with Gasteiger partial charge in [0, 0.05) is 50.0 Å². The van der Waals surface area contributed by atoms with Crippen LogP contribution in [0.2, 0.25) is 0 Å². The maximum atomic E-state index is 4.57. The van der Waals surface area contributed by atoms with E-state index in [2.05, 4.69) is 44.5 Å². The molecule has 3 heterocycles. The molecule has 0 aromatic carbocycles. The molecule has 0 aliphatic carbocycles. The lowest BCUT2D eigenvalue weighted by molar-refractivity contribution is 0.392. The zero-order valence-corrected chi connectivity index (χ0v) is 18.8. The smallest absolute Gasteiger partial charge is 0.191 e. The highest BCUT2D eigenvalue weighted by atomic mass is 127. The molecule has 1 aliphatic rings. The van der Waals surface area contributed by atoms with Gasteiger partial charge in [-0.3, -0.25) is 4.99 Å². The molecule has 0 amide bonds. The summed E-state index contributed by atoms with van der Waals surface area (Å²) in [5.41, 5.74) is 0. The predicted octanol–water partition coefficient (Wildman–Crippen LogP) is 2.20. The van der Waals surface area contributed by atoms with Gasteiger partial charge >= 0.3 is 0 Å². The van der Waals surface area contributed by atoms with E-state index in [1.807, 2.05) is 17.9 Å². The molecule has 144 valence electrons. The van der Waals surface area contributed by atoms with E-state index in [9.17, 15) is 0 Å². The molecule has 3 rings (SSSR count). The van der Waals surface area contributed by atoms with Crippen molar-refractivity contribution in [1.82, 2.24) is 30.4 Å². The molecule has 9 heteroatoms. The van der Waals surface area contributed by atoms with Gasteiger partial charge in [0.25, 0.3) is 0 Å². The SMILES string of the molecule is CCc1nc2n(n1)CC(NC(=NC)NCCc1ncc(CC)s1)CC2.I. The van der Waals surface area contributed by atoms with Crippen LogP contribution in [0, 0.1) is 0 Å². The summed E-state index contributed by atoms with van der Waals surface area (Å²) in [6, 6.07) is 0.330. The van der Waals surface area contributed by atoms with E-state index in [-0.39, 0.29) is 24.0 Å². The number of nitrogens with zero attached hydrogens (tertiary/aromatic N) is 5. The number of nitrogens with one attached hydrogen (secondary N) is 2. The Labute approximate surface area is 176 Å². The van der Waals surface area contributed by atoms with Crippen LogP contribution in [-0.4, -0.2) is 45.3 Å². The van der Waals surface area contributed by atoms with Gasteiger partial charge in [-0.15, -0.1) is 35.3 Å². The second-order valence-electron chi connectivity index (χ2n) is 6.18. The normalized spacial score (nSPS) is 16.7. The van der Waals surface area contributed by atoms with Gasteiger partial charge in [0.2, 0.25) is 0 Å². The fourth-order valence-corrected chi connectivity index (χ4v) is 3.79. The predicted molar refractivity (Wildman–Crippen MR) is 117 cm³/mol. The molecule has 0 saturated heterocycles. The lowest BCUT2D eigenvalue weighted by Crippen LogP contribution is -2.47. The molecule has 26 heavy (non-hydrogen) atoms. The number of aryl methyl sites for hydroxylation is 3. The molecule has 1 atom stereocenters. The Balaban J connectivity index is 0.00000243. The third-order valence-electron chi connectivity index (χ3n) is 4.36. The molecule has 7 nitrogen and oxygen atoms in total. The van der Waals surface area contributed by atoms with E-state index in [0.29, 0.717) is 6.04 Å². The van der Waals surface area contributed by atoms with Crippen molar-refractivity contribution >= 4 is 41.3 Å². The minimum absolute atomic E-state index is 0. The number of aliphatic imine (C=N–C) groups is 1. The Morgan fingerprint density at radius 1 is 1.38 bits per heavy atom. The first-order valence-electron chi connectivity index (χ1n) is 9.05. The molecular formula is C17H28IN7S. The van der Waals surface area contributed by atoms with E-state index in [4.69, 9.17) is 0 Å². The summed E-state index contributed by atoms with van der Waals surface area (Å²) in [4.78, 5) is 14.7. The average molecular weight is 489 g/mol. The van der Waals surface area contributed by atoms with Crippen molar-refractivity contribution in [3.63, 3.8) is 0 Å². The minimum Gasteiger partial charge on any atom is -0.356 e. The van der Waals surface area contributed by atoms with Crippen molar-refractivity contribution in [2.24, 2.45) is 4.99 Å².